The quantitative estimate of drug-likeness (QED) is 0.564. The van der Waals surface area contributed by atoms with Crippen molar-refractivity contribution in [2.45, 2.75) is 46.1 Å². The van der Waals surface area contributed by atoms with Crippen LogP contribution in [0.25, 0.3) is 0 Å². The first kappa shape index (κ1) is 23.5. The zero-order valence-electron chi connectivity index (χ0n) is 18.0. The Labute approximate surface area is 195 Å². The number of amides is 3. The third kappa shape index (κ3) is 6.17. The molecule has 0 spiro atoms. The number of benzene rings is 1. The number of likely N-dealkylation sites (tertiary alicyclic amines) is 1. The lowest BCUT2D eigenvalue weighted by atomic mass is 10.0. The average molecular weight is 506 g/mol. The fraction of sp³-hybridized carbons (Fsp3) is 0.435. The molecule has 166 valence electrons. The number of carbonyl (C=O) groups excluding carboxylic acids is 3. The number of rotatable bonds is 7. The minimum atomic E-state index is -0.653. The molecule has 1 unspecified atom stereocenters. The lowest BCUT2D eigenvalue weighted by molar-refractivity contribution is -0.118. The maximum atomic E-state index is 13.0. The molecule has 1 aliphatic heterocycles. The molecule has 3 amide bonds. The van der Waals surface area contributed by atoms with Gasteiger partial charge in [0.15, 0.2) is 0 Å². The van der Waals surface area contributed by atoms with Crippen molar-refractivity contribution >= 4 is 50.7 Å². The second-order valence-electron chi connectivity index (χ2n) is 8.28. The summed E-state index contributed by atoms with van der Waals surface area (Å²) in [6.45, 7) is 7.50. The lowest BCUT2D eigenvalue weighted by Crippen LogP contribution is -2.44. The topological polar surface area (TPSA) is 78.5 Å². The molecule has 1 saturated heterocycles. The Balaban J connectivity index is 1.69. The average Bonchev–Trinajstić information content (AvgIpc) is 3.38. The van der Waals surface area contributed by atoms with Crippen molar-refractivity contribution in [1.82, 2.24) is 10.2 Å². The summed E-state index contributed by atoms with van der Waals surface area (Å²) in [6, 6.07) is 8.22. The summed E-state index contributed by atoms with van der Waals surface area (Å²) in [5.74, 6) is -0.261. The third-order valence-corrected chi connectivity index (χ3v) is 6.87. The number of nitrogens with zero attached hydrogens (tertiary/aromatic N) is 1. The molecule has 2 aromatic rings. The predicted molar refractivity (Wildman–Crippen MR) is 128 cm³/mol. The molecule has 1 atom stereocenters. The SMILES string of the molecule is Cc1cc(NC(=O)C(CC(C)C)NC(=O)c2ccc(Br)s2)ccc1C(=O)N1CCCC1. The lowest BCUT2D eigenvalue weighted by Gasteiger charge is -2.21. The first-order valence-corrected chi connectivity index (χ1v) is 12.1. The molecule has 0 bridgehead atoms. The zero-order chi connectivity index (χ0) is 22.5. The summed E-state index contributed by atoms with van der Waals surface area (Å²) in [6.07, 6.45) is 2.61. The molecule has 1 aromatic heterocycles. The van der Waals surface area contributed by atoms with E-state index in [1.807, 2.05) is 37.8 Å². The number of anilines is 1. The summed E-state index contributed by atoms with van der Waals surface area (Å²) in [4.78, 5) is 40.6. The summed E-state index contributed by atoms with van der Waals surface area (Å²) in [5, 5.41) is 5.76. The molecule has 1 aliphatic rings. The van der Waals surface area contributed by atoms with Crippen LogP contribution in [0, 0.1) is 12.8 Å². The Kier molecular flexibility index (Phi) is 7.89. The van der Waals surface area contributed by atoms with Crippen molar-refractivity contribution in [3.63, 3.8) is 0 Å². The highest BCUT2D eigenvalue weighted by Gasteiger charge is 2.24. The van der Waals surface area contributed by atoms with E-state index >= 15 is 0 Å². The first-order chi connectivity index (χ1) is 14.7. The van der Waals surface area contributed by atoms with Crippen LogP contribution in [0.2, 0.25) is 0 Å². The first-order valence-electron chi connectivity index (χ1n) is 10.5. The number of hydrogen-bond acceptors (Lipinski definition) is 4. The Morgan fingerprint density at radius 1 is 1.13 bits per heavy atom. The smallest absolute Gasteiger partial charge is 0.262 e. The van der Waals surface area contributed by atoms with Gasteiger partial charge < -0.3 is 15.5 Å². The molecular formula is C23H28BrN3O3S. The van der Waals surface area contributed by atoms with Crippen LogP contribution in [-0.2, 0) is 4.79 Å². The maximum absolute atomic E-state index is 13.0. The molecule has 0 aliphatic carbocycles. The molecule has 0 radical (unpaired) electrons. The van der Waals surface area contributed by atoms with Crippen molar-refractivity contribution < 1.29 is 14.4 Å². The monoisotopic (exact) mass is 505 g/mol. The van der Waals surface area contributed by atoms with E-state index in [1.165, 1.54) is 11.3 Å². The highest BCUT2D eigenvalue weighted by molar-refractivity contribution is 9.11. The van der Waals surface area contributed by atoms with Crippen LogP contribution in [0.15, 0.2) is 34.1 Å². The van der Waals surface area contributed by atoms with Crippen LogP contribution < -0.4 is 10.6 Å². The Morgan fingerprint density at radius 2 is 1.84 bits per heavy atom. The van der Waals surface area contributed by atoms with Crippen LogP contribution in [0.4, 0.5) is 5.69 Å². The van der Waals surface area contributed by atoms with E-state index in [-0.39, 0.29) is 23.6 Å². The standard InChI is InChI=1S/C23H28BrN3O3S/c1-14(2)12-18(26-22(29)19-8-9-20(24)31-19)21(28)25-16-6-7-17(15(3)13-16)23(30)27-10-4-5-11-27/h6-9,13-14,18H,4-5,10-12H2,1-3H3,(H,25,28)(H,26,29). The van der Waals surface area contributed by atoms with E-state index in [0.717, 1.165) is 35.3 Å². The van der Waals surface area contributed by atoms with Gasteiger partial charge in [0.2, 0.25) is 5.91 Å². The second-order valence-corrected chi connectivity index (χ2v) is 10.7. The normalized spacial score (nSPS) is 14.5. The third-order valence-electron chi connectivity index (χ3n) is 5.24. The molecule has 0 saturated carbocycles. The number of hydrogen-bond donors (Lipinski definition) is 2. The minimum Gasteiger partial charge on any atom is -0.340 e. The van der Waals surface area contributed by atoms with Gasteiger partial charge in [-0.25, -0.2) is 0 Å². The van der Waals surface area contributed by atoms with Crippen LogP contribution in [0.1, 0.15) is 58.7 Å². The van der Waals surface area contributed by atoms with E-state index in [9.17, 15) is 14.4 Å². The second kappa shape index (κ2) is 10.4. The van der Waals surface area contributed by atoms with Gasteiger partial charge in [-0.3, -0.25) is 14.4 Å². The van der Waals surface area contributed by atoms with Crippen LogP contribution in [0.5, 0.6) is 0 Å². The molecule has 2 heterocycles. The van der Waals surface area contributed by atoms with Gasteiger partial charge in [0, 0.05) is 24.3 Å². The molecule has 8 heteroatoms. The minimum absolute atomic E-state index is 0.0416. The zero-order valence-corrected chi connectivity index (χ0v) is 20.4. The van der Waals surface area contributed by atoms with Crippen LogP contribution in [-0.4, -0.2) is 41.8 Å². The van der Waals surface area contributed by atoms with Crippen molar-refractivity contribution in [1.29, 1.82) is 0 Å². The van der Waals surface area contributed by atoms with Gasteiger partial charge in [-0.2, -0.15) is 0 Å². The van der Waals surface area contributed by atoms with Crippen molar-refractivity contribution in [3.05, 3.63) is 50.1 Å². The molecule has 2 N–H and O–H groups in total. The number of aryl methyl sites for hydroxylation is 1. The van der Waals surface area contributed by atoms with Crippen molar-refractivity contribution in [3.8, 4) is 0 Å². The van der Waals surface area contributed by atoms with E-state index < -0.39 is 6.04 Å². The maximum Gasteiger partial charge on any atom is 0.262 e. The summed E-state index contributed by atoms with van der Waals surface area (Å²) in [5.41, 5.74) is 2.10. The summed E-state index contributed by atoms with van der Waals surface area (Å²) < 4.78 is 0.863. The number of thiophene rings is 1. The molecule has 1 aromatic carbocycles. The molecule has 6 nitrogen and oxygen atoms in total. The summed E-state index contributed by atoms with van der Waals surface area (Å²) >= 11 is 4.68. The van der Waals surface area contributed by atoms with Gasteiger partial charge in [0.05, 0.1) is 8.66 Å². The number of halogens is 1. The number of nitrogens with one attached hydrogen (secondary N) is 2. The van der Waals surface area contributed by atoms with E-state index in [4.69, 9.17) is 0 Å². The fourth-order valence-electron chi connectivity index (χ4n) is 3.67. The molecular weight excluding hydrogens is 478 g/mol. The van der Waals surface area contributed by atoms with E-state index in [0.29, 0.717) is 22.5 Å². The molecule has 3 rings (SSSR count). The fourth-order valence-corrected chi connectivity index (χ4v) is 4.96. The van der Waals surface area contributed by atoms with Crippen molar-refractivity contribution in [2.75, 3.05) is 18.4 Å². The summed E-state index contributed by atoms with van der Waals surface area (Å²) in [7, 11) is 0. The van der Waals surface area contributed by atoms with E-state index in [2.05, 4.69) is 26.6 Å². The highest BCUT2D eigenvalue weighted by atomic mass is 79.9. The Hall–Kier alpha value is -2.19. The number of carbonyl (C=O) groups is 3. The van der Waals surface area contributed by atoms with Gasteiger partial charge in [-0.05, 0) is 83.9 Å². The Bertz CT molecular complexity index is 967. The van der Waals surface area contributed by atoms with Gasteiger partial charge >= 0.3 is 0 Å². The van der Waals surface area contributed by atoms with Crippen LogP contribution >= 0.6 is 27.3 Å². The Morgan fingerprint density at radius 3 is 2.42 bits per heavy atom. The van der Waals surface area contributed by atoms with Gasteiger partial charge in [-0.1, -0.05) is 13.8 Å². The molecule has 1 fully saturated rings. The largest absolute Gasteiger partial charge is 0.340 e. The van der Waals surface area contributed by atoms with Gasteiger partial charge in [-0.15, -0.1) is 11.3 Å². The van der Waals surface area contributed by atoms with Crippen LogP contribution in [0.3, 0.4) is 0 Å². The highest BCUT2D eigenvalue weighted by Crippen LogP contribution is 2.23. The van der Waals surface area contributed by atoms with E-state index in [1.54, 1.807) is 18.2 Å². The van der Waals surface area contributed by atoms with Gasteiger partial charge in [0.1, 0.15) is 6.04 Å². The van der Waals surface area contributed by atoms with Crippen molar-refractivity contribution in [2.24, 2.45) is 5.92 Å². The predicted octanol–water partition coefficient (Wildman–Crippen LogP) is 4.84. The molecule has 31 heavy (non-hydrogen) atoms. The van der Waals surface area contributed by atoms with Gasteiger partial charge in [0.25, 0.3) is 11.8 Å².